The molecule has 0 spiro atoms. The van der Waals surface area contributed by atoms with Crippen molar-refractivity contribution in [2.24, 2.45) is 0 Å². The first kappa shape index (κ1) is 14.8. The summed E-state index contributed by atoms with van der Waals surface area (Å²) >= 11 is 5.91. The smallest absolute Gasteiger partial charge is 0.128 e. The van der Waals surface area contributed by atoms with Gasteiger partial charge in [0.2, 0.25) is 0 Å². The van der Waals surface area contributed by atoms with E-state index < -0.39 is 0 Å². The van der Waals surface area contributed by atoms with Crippen LogP contribution in [0.15, 0.2) is 12.1 Å². The molecule has 2 aromatic rings. The third-order valence-corrected chi connectivity index (χ3v) is 4.68. The second kappa shape index (κ2) is 5.93. The predicted molar refractivity (Wildman–Crippen MR) is 84.5 cm³/mol. The monoisotopic (exact) mass is 309 g/mol. The van der Waals surface area contributed by atoms with Crippen LogP contribution in [0.1, 0.15) is 24.2 Å². The Morgan fingerprint density at radius 2 is 2.24 bits per heavy atom. The van der Waals surface area contributed by atoms with Gasteiger partial charge in [-0.15, -0.1) is 11.6 Å². The highest BCUT2D eigenvalue weighted by Gasteiger charge is 2.23. The van der Waals surface area contributed by atoms with Gasteiger partial charge in [0, 0.05) is 31.0 Å². The Morgan fingerprint density at radius 1 is 1.43 bits per heavy atom. The third-order valence-electron chi connectivity index (χ3n) is 4.49. The van der Waals surface area contributed by atoms with Crippen molar-refractivity contribution >= 4 is 22.6 Å². The number of hydrogen-bond acceptors (Lipinski definition) is 2. The molecule has 1 aliphatic rings. The Bertz CT molecular complexity index is 652. The standard InChI is InChI=1S/C16H21ClFN3/c1-11-8-15-14(9-13(11)18)19-16(5-6-17)21(15)10-12-4-3-7-20(12)2/h8-9,12H,3-7,10H2,1-2H3. The summed E-state index contributed by atoms with van der Waals surface area (Å²) in [7, 11) is 2.17. The van der Waals surface area contributed by atoms with Crippen LogP contribution in [0.5, 0.6) is 0 Å². The molecule has 1 unspecified atom stereocenters. The minimum atomic E-state index is -0.192. The van der Waals surface area contributed by atoms with Crippen molar-refractivity contribution in [3.8, 4) is 0 Å². The number of halogens is 2. The number of imidazole rings is 1. The highest BCUT2D eigenvalue weighted by atomic mass is 35.5. The third kappa shape index (κ3) is 2.79. The lowest BCUT2D eigenvalue weighted by atomic mass is 10.2. The van der Waals surface area contributed by atoms with Crippen LogP contribution in [0.25, 0.3) is 11.0 Å². The Kier molecular flexibility index (Phi) is 4.18. The van der Waals surface area contributed by atoms with E-state index in [1.54, 1.807) is 6.92 Å². The van der Waals surface area contributed by atoms with Crippen LogP contribution in [-0.4, -0.2) is 40.0 Å². The van der Waals surface area contributed by atoms with Gasteiger partial charge in [0.25, 0.3) is 0 Å². The van der Waals surface area contributed by atoms with E-state index in [0.29, 0.717) is 23.9 Å². The van der Waals surface area contributed by atoms with Crippen LogP contribution >= 0.6 is 11.6 Å². The number of alkyl halides is 1. The highest BCUT2D eigenvalue weighted by Crippen LogP contribution is 2.24. The minimum Gasteiger partial charge on any atom is -0.326 e. The van der Waals surface area contributed by atoms with Gasteiger partial charge < -0.3 is 9.47 Å². The lowest BCUT2D eigenvalue weighted by Gasteiger charge is -2.21. The summed E-state index contributed by atoms with van der Waals surface area (Å²) in [6.07, 6.45) is 3.16. The molecule has 0 aliphatic carbocycles. The van der Waals surface area contributed by atoms with Crippen molar-refractivity contribution in [1.29, 1.82) is 0 Å². The molecule has 0 radical (unpaired) electrons. The van der Waals surface area contributed by atoms with Crippen LogP contribution in [0, 0.1) is 12.7 Å². The molecule has 3 nitrogen and oxygen atoms in total. The number of aryl methyl sites for hydroxylation is 2. The molecule has 1 saturated heterocycles. The summed E-state index contributed by atoms with van der Waals surface area (Å²) < 4.78 is 16.0. The molecule has 1 aromatic heterocycles. The number of fused-ring (bicyclic) bond motifs is 1. The van der Waals surface area contributed by atoms with E-state index in [1.807, 2.05) is 6.07 Å². The fraction of sp³-hybridized carbons (Fsp3) is 0.562. The number of likely N-dealkylation sites (tertiary alicyclic amines) is 1. The van der Waals surface area contributed by atoms with Crippen molar-refractivity contribution < 1.29 is 4.39 Å². The molecule has 0 saturated carbocycles. The normalized spacial score (nSPS) is 19.7. The molecule has 1 aromatic carbocycles. The zero-order valence-electron chi connectivity index (χ0n) is 12.6. The van der Waals surface area contributed by atoms with E-state index in [0.717, 1.165) is 29.9 Å². The van der Waals surface area contributed by atoms with E-state index in [4.69, 9.17) is 11.6 Å². The van der Waals surface area contributed by atoms with Crippen molar-refractivity contribution in [2.45, 2.75) is 38.8 Å². The lowest BCUT2D eigenvalue weighted by molar-refractivity contribution is 0.282. The van der Waals surface area contributed by atoms with Crippen molar-refractivity contribution in [3.63, 3.8) is 0 Å². The molecule has 3 rings (SSSR count). The molecule has 2 heterocycles. The number of nitrogens with zero attached hydrogens (tertiary/aromatic N) is 3. The number of likely N-dealkylation sites (N-methyl/N-ethyl adjacent to an activating group) is 1. The Morgan fingerprint density at radius 3 is 2.90 bits per heavy atom. The summed E-state index contributed by atoms with van der Waals surface area (Å²) in [5.74, 6) is 1.30. The molecular formula is C16H21ClFN3. The van der Waals surface area contributed by atoms with Gasteiger partial charge in [-0.1, -0.05) is 0 Å². The fourth-order valence-electron chi connectivity index (χ4n) is 3.20. The Hall–Kier alpha value is -1.13. The van der Waals surface area contributed by atoms with Gasteiger partial charge in [0.1, 0.15) is 11.6 Å². The molecule has 1 fully saturated rings. The lowest BCUT2D eigenvalue weighted by Crippen LogP contribution is -2.30. The minimum absolute atomic E-state index is 0.192. The molecule has 0 amide bonds. The largest absolute Gasteiger partial charge is 0.326 e. The molecule has 0 bridgehead atoms. The van der Waals surface area contributed by atoms with E-state index >= 15 is 0 Å². The highest BCUT2D eigenvalue weighted by molar-refractivity contribution is 6.17. The number of aromatic nitrogens is 2. The van der Waals surface area contributed by atoms with E-state index in [1.165, 1.54) is 18.9 Å². The summed E-state index contributed by atoms with van der Waals surface area (Å²) in [4.78, 5) is 6.99. The summed E-state index contributed by atoms with van der Waals surface area (Å²) in [6, 6.07) is 3.98. The first-order chi connectivity index (χ1) is 10.1. The van der Waals surface area contributed by atoms with Gasteiger partial charge in [0.05, 0.1) is 11.0 Å². The molecule has 114 valence electrons. The maximum absolute atomic E-state index is 13.8. The van der Waals surface area contributed by atoms with Crippen molar-refractivity contribution in [3.05, 3.63) is 29.3 Å². The average molecular weight is 310 g/mol. The zero-order valence-corrected chi connectivity index (χ0v) is 13.3. The Labute approximate surface area is 129 Å². The van der Waals surface area contributed by atoms with E-state index in [9.17, 15) is 4.39 Å². The number of benzene rings is 1. The molecule has 1 atom stereocenters. The van der Waals surface area contributed by atoms with Gasteiger partial charge >= 0.3 is 0 Å². The first-order valence-electron chi connectivity index (χ1n) is 7.51. The van der Waals surface area contributed by atoms with Gasteiger partial charge in [-0.25, -0.2) is 9.37 Å². The summed E-state index contributed by atoms with van der Waals surface area (Å²) in [5.41, 5.74) is 2.43. The van der Waals surface area contributed by atoms with Crippen LogP contribution in [-0.2, 0) is 13.0 Å². The van der Waals surface area contributed by atoms with Gasteiger partial charge in [-0.2, -0.15) is 0 Å². The van der Waals surface area contributed by atoms with Gasteiger partial charge in [-0.05, 0) is 45.0 Å². The summed E-state index contributed by atoms with van der Waals surface area (Å²) in [5, 5.41) is 0. The van der Waals surface area contributed by atoms with Crippen molar-refractivity contribution in [2.75, 3.05) is 19.5 Å². The SMILES string of the molecule is Cc1cc2c(cc1F)nc(CCCl)n2CC1CCCN1C. The zero-order chi connectivity index (χ0) is 15.0. The summed E-state index contributed by atoms with van der Waals surface area (Å²) in [6.45, 7) is 3.86. The molecule has 5 heteroatoms. The molecule has 1 aliphatic heterocycles. The van der Waals surface area contributed by atoms with Crippen LogP contribution in [0.2, 0.25) is 0 Å². The number of hydrogen-bond donors (Lipinski definition) is 0. The van der Waals surface area contributed by atoms with Crippen LogP contribution < -0.4 is 0 Å². The predicted octanol–water partition coefficient (Wildman–Crippen LogP) is 3.36. The van der Waals surface area contributed by atoms with Crippen molar-refractivity contribution in [1.82, 2.24) is 14.5 Å². The van der Waals surface area contributed by atoms with Gasteiger partial charge in [-0.3, -0.25) is 0 Å². The number of rotatable bonds is 4. The maximum atomic E-state index is 13.8. The molecule has 21 heavy (non-hydrogen) atoms. The molecule has 0 N–H and O–H groups in total. The van der Waals surface area contributed by atoms with E-state index in [2.05, 4.69) is 21.5 Å². The second-order valence-corrected chi connectivity index (χ2v) is 6.32. The van der Waals surface area contributed by atoms with Crippen LogP contribution in [0.3, 0.4) is 0 Å². The molecular weight excluding hydrogens is 289 g/mol. The van der Waals surface area contributed by atoms with Crippen LogP contribution in [0.4, 0.5) is 4.39 Å². The first-order valence-corrected chi connectivity index (χ1v) is 8.05. The topological polar surface area (TPSA) is 21.1 Å². The van der Waals surface area contributed by atoms with Gasteiger partial charge in [0.15, 0.2) is 0 Å². The fourth-order valence-corrected chi connectivity index (χ4v) is 3.37. The van der Waals surface area contributed by atoms with E-state index in [-0.39, 0.29) is 5.82 Å². The Balaban J connectivity index is 2.04. The quantitative estimate of drug-likeness (QED) is 0.808. The maximum Gasteiger partial charge on any atom is 0.128 e. The second-order valence-electron chi connectivity index (χ2n) is 5.94. The average Bonchev–Trinajstić information content (AvgIpc) is 2.98.